The lowest BCUT2D eigenvalue weighted by molar-refractivity contribution is -0.117. The number of hydrogen-bond acceptors (Lipinski definition) is 6. The molecule has 0 radical (unpaired) electrons. The zero-order chi connectivity index (χ0) is 16.7. The first-order valence-electron chi connectivity index (χ1n) is 6.81. The van der Waals surface area contributed by atoms with Crippen LogP contribution in [-0.2, 0) is 4.79 Å². The number of thioether (sulfide) groups is 1. The second-order valence-electron chi connectivity index (χ2n) is 4.52. The van der Waals surface area contributed by atoms with Crippen LogP contribution in [0, 0.1) is 6.92 Å². The van der Waals surface area contributed by atoms with E-state index < -0.39 is 11.9 Å². The molecule has 1 aromatic carbocycles. The third-order valence-corrected chi connectivity index (χ3v) is 3.59. The van der Waals surface area contributed by atoms with Crippen LogP contribution in [-0.4, -0.2) is 34.4 Å². The largest absolute Gasteiger partial charge is 0.411 e. The van der Waals surface area contributed by atoms with E-state index in [1.165, 1.54) is 6.08 Å². The molecule has 0 saturated heterocycles. The van der Waals surface area contributed by atoms with Crippen LogP contribution in [0.25, 0.3) is 11.5 Å². The van der Waals surface area contributed by atoms with Gasteiger partial charge in [-0.2, -0.15) is 0 Å². The van der Waals surface area contributed by atoms with Gasteiger partial charge in [-0.1, -0.05) is 36.0 Å². The number of nitrogens with one attached hydrogen (secondary N) is 2. The maximum absolute atomic E-state index is 11.6. The number of carbonyl (C=O) groups is 2. The van der Waals surface area contributed by atoms with Gasteiger partial charge in [-0.3, -0.25) is 10.1 Å². The van der Waals surface area contributed by atoms with Crippen molar-refractivity contribution in [1.29, 1.82) is 0 Å². The molecule has 0 atom stereocenters. The number of benzene rings is 1. The summed E-state index contributed by atoms with van der Waals surface area (Å²) in [7, 11) is 0. The van der Waals surface area contributed by atoms with Crippen molar-refractivity contribution in [2.75, 3.05) is 12.3 Å². The van der Waals surface area contributed by atoms with Crippen molar-refractivity contribution in [2.24, 2.45) is 0 Å². The Morgan fingerprint density at radius 2 is 2.13 bits per heavy atom. The van der Waals surface area contributed by atoms with Crippen LogP contribution >= 0.6 is 11.8 Å². The first kappa shape index (κ1) is 16.8. The fourth-order valence-electron chi connectivity index (χ4n) is 1.69. The Morgan fingerprint density at radius 3 is 2.87 bits per heavy atom. The van der Waals surface area contributed by atoms with Gasteiger partial charge in [0.15, 0.2) is 0 Å². The number of nitrogens with zero attached hydrogens (tertiary/aromatic N) is 2. The molecule has 0 saturated carbocycles. The van der Waals surface area contributed by atoms with E-state index in [1.54, 1.807) is 0 Å². The summed E-state index contributed by atoms with van der Waals surface area (Å²) in [5.74, 6) is -0.0568. The number of hydrogen-bond donors (Lipinski definition) is 2. The van der Waals surface area contributed by atoms with E-state index in [9.17, 15) is 9.59 Å². The van der Waals surface area contributed by atoms with Crippen LogP contribution in [0.3, 0.4) is 0 Å². The second kappa shape index (κ2) is 8.14. The molecule has 1 heterocycles. The monoisotopic (exact) mass is 332 g/mol. The van der Waals surface area contributed by atoms with Gasteiger partial charge in [-0.05, 0) is 18.6 Å². The normalized spacial score (nSPS) is 10.1. The molecule has 0 bridgehead atoms. The molecule has 0 aliphatic carbocycles. The highest BCUT2D eigenvalue weighted by molar-refractivity contribution is 7.99. The standard InChI is InChI=1S/C15H16N4O3S/c1-3-8-16-14(21)17-12(20)9-23-15-19-18-13(22-15)11-7-5-4-6-10(11)2/h3-7H,1,8-9H2,2H3,(H2,16,17,20,21). The van der Waals surface area contributed by atoms with E-state index in [4.69, 9.17) is 4.42 Å². The average Bonchev–Trinajstić information content (AvgIpc) is 3.00. The summed E-state index contributed by atoms with van der Waals surface area (Å²) in [6.45, 7) is 5.70. The lowest BCUT2D eigenvalue weighted by Gasteiger charge is -2.03. The molecule has 2 N–H and O–H groups in total. The third kappa shape index (κ3) is 4.96. The Balaban J connectivity index is 1.88. The van der Waals surface area contributed by atoms with E-state index in [2.05, 4.69) is 27.4 Å². The van der Waals surface area contributed by atoms with Crippen molar-refractivity contribution in [2.45, 2.75) is 12.1 Å². The number of imide groups is 1. The van der Waals surface area contributed by atoms with Crippen LogP contribution in [0.4, 0.5) is 4.79 Å². The number of carbonyl (C=O) groups excluding carboxylic acids is 2. The quantitative estimate of drug-likeness (QED) is 0.621. The van der Waals surface area contributed by atoms with Gasteiger partial charge < -0.3 is 9.73 Å². The summed E-state index contributed by atoms with van der Waals surface area (Å²) in [5.41, 5.74) is 1.87. The molecule has 2 aromatic rings. The molecule has 0 aliphatic heterocycles. The smallest absolute Gasteiger partial charge is 0.321 e. The molecule has 0 spiro atoms. The fourth-order valence-corrected chi connectivity index (χ4v) is 2.25. The third-order valence-electron chi connectivity index (χ3n) is 2.77. The molecule has 0 aliphatic rings. The summed E-state index contributed by atoms with van der Waals surface area (Å²) in [6, 6.07) is 7.07. The molecule has 1 aromatic heterocycles. The lowest BCUT2D eigenvalue weighted by atomic mass is 10.1. The second-order valence-corrected chi connectivity index (χ2v) is 5.45. The molecule has 23 heavy (non-hydrogen) atoms. The molecule has 0 unspecified atom stereocenters. The van der Waals surface area contributed by atoms with Crippen LogP contribution in [0.5, 0.6) is 0 Å². The van der Waals surface area contributed by atoms with Gasteiger partial charge in [0.05, 0.1) is 5.75 Å². The van der Waals surface area contributed by atoms with E-state index >= 15 is 0 Å². The van der Waals surface area contributed by atoms with Crippen LogP contribution < -0.4 is 10.6 Å². The Kier molecular flexibility index (Phi) is 5.93. The number of aryl methyl sites for hydroxylation is 1. The summed E-state index contributed by atoms with van der Waals surface area (Å²) in [4.78, 5) is 22.9. The minimum Gasteiger partial charge on any atom is -0.411 e. The van der Waals surface area contributed by atoms with Crippen LogP contribution in [0.15, 0.2) is 46.6 Å². The highest BCUT2D eigenvalue weighted by Crippen LogP contribution is 2.25. The van der Waals surface area contributed by atoms with Crippen molar-refractivity contribution in [3.63, 3.8) is 0 Å². The van der Waals surface area contributed by atoms with Gasteiger partial charge in [-0.25, -0.2) is 4.79 Å². The first-order chi connectivity index (χ1) is 11.1. The Bertz CT molecular complexity index is 714. The predicted octanol–water partition coefficient (Wildman–Crippen LogP) is 2.15. The molecule has 2 rings (SSSR count). The minimum atomic E-state index is -0.568. The zero-order valence-electron chi connectivity index (χ0n) is 12.5. The van der Waals surface area contributed by atoms with E-state index in [1.807, 2.05) is 31.2 Å². The molecular weight excluding hydrogens is 316 g/mol. The fraction of sp³-hybridized carbons (Fsp3) is 0.200. The van der Waals surface area contributed by atoms with Gasteiger partial charge in [0, 0.05) is 12.1 Å². The van der Waals surface area contributed by atoms with Crippen LogP contribution in [0.2, 0.25) is 0 Å². The molecule has 7 nitrogen and oxygen atoms in total. The van der Waals surface area contributed by atoms with E-state index in [0.717, 1.165) is 22.9 Å². The van der Waals surface area contributed by atoms with E-state index in [0.29, 0.717) is 5.89 Å². The van der Waals surface area contributed by atoms with Gasteiger partial charge in [0.25, 0.3) is 5.22 Å². The Morgan fingerprint density at radius 1 is 1.35 bits per heavy atom. The van der Waals surface area contributed by atoms with Gasteiger partial charge >= 0.3 is 6.03 Å². The van der Waals surface area contributed by atoms with Crippen LogP contribution in [0.1, 0.15) is 5.56 Å². The molecule has 3 amide bonds. The molecular formula is C15H16N4O3S. The lowest BCUT2D eigenvalue weighted by Crippen LogP contribution is -2.40. The van der Waals surface area contributed by atoms with Crippen molar-refractivity contribution in [3.8, 4) is 11.5 Å². The van der Waals surface area contributed by atoms with Crippen molar-refractivity contribution in [1.82, 2.24) is 20.8 Å². The number of urea groups is 1. The molecule has 0 fully saturated rings. The summed E-state index contributed by atoms with van der Waals surface area (Å²) in [6.07, 6.45) is 1.52. The summed E-state index contributed by atoms with van der Waals surface area (Å²) in [5, 5.41) is 12.8. The van der Waals surface area contributed by atoms with Crippen molar-refractivity contribution in [3.05, 3.63) is 42.5 Å². The van der Waals surface area contributed by atoms with Crippen molar-refractivity contribution >= 4 is 23.7 Å². The SMILES string of the molecule is C=CCNC(=O)NC(=O)CSc1nnc(-c2ccccc2C)o1. The maximum atomic E-state index is 11.6. The number of aromatic nitrogens is 2. The minimum absolute atomic E-state index is 0.00306. The van der Waals surface area contributed by atoms with Crippen molar-refractivity contribution < 1.29 is 14.0 Å². The van der Waals surface area contributed by atoms with Gasteiger partial charge in [0.2, 0.25) is 11.8 Å². The van der Waals surface area contributed by atoms with Gasteiger partial charge in [-0.15, -0.1) is 16.8 Å². The Hall–Kier alpha value is -2.61. The topological polar surface area (TPSA) is 97.1 Å². The predicted molar refractivity (Wildman–Crippen MR) is 86.9 cm³/mol. The number of amides is 3. The van der Waals surface area contributed by atoms with E-state index in [-0.39, 0.29) is 17.5 Å². The highest BCUT2D eigenvalue weighted by Gasteiger charge is 2.13. The molecule has 120 valence electrons. The summed E-state index contributed by atoms with van der Waals surface area (Å²) >= 11 is 1.06. The Labute approximate surface area is 137 Å². The average molecular weight is 332 g/mol. The maximum Gasteiger partial charge on any atom is 0.321 e. The zero-order valence-corrected chi connectivity index (χ0v) is 13.4. The first-order valence-corrected chi connectivity index (χ1v) is 7.79. The highest BCUT2D eigenvalue weighted by atomic mass is 32.2. The summed E-state index contributed by atoms with van der Waals surface area (Å²) < 4.78 is 5.52. The number of rotatable bonds is 6. The van der Waals surface area contributed by atoms with Gasteiger partial charge in [0.1, 0.15) is 0 Å². The molecule has 8 heteroatoms.